The Hall–Kier alpha value is -3.72. The monoisotopic (exact) mass is 432 g/mol. The Morgan fingerprint density at radius 2 is 1.87 bits per heavy atom. The minimum Gasteiger partial charge on any atom is -0.497 e. The van der Waals surface area contributed by atoms with Crippen LogP contribution in [-0.4, -0.2) is 25.1 Å². The lowest BCUT2D eigenvalue weighted by atomic mass is 10.2. The molecule has 1 amide bonds. The molecule has 0 aliphatic rings. The average Bonchev–Trinajstić information content (AvgIpc) is 3.22. The molecule has 3 aromatic rings. The number of carbonyl (C=O) groups is 1. The van der Waals surface area contributed by atoms with Crippen LogP contribution in [0.1, 0.15) is 16.3 Å². The van der Waals surface area contributed by atoms with Gasteiger partial charge in [0.1, 0.15) is 23.9 Å². The summed E-state index contributed by atoms with van der Waals surface area (Å²) in [6, 6.07) is 12.1. The van der Waals surface area contributed by atoms with Crippen molar-refractivity contribution in [2.24, 2.45) is 0 Å². The molecule has 1 aromatic heterocycles. The van der Waals surface area contributed by atoms with Crippen LogP contribution in [0.5, 0.6) is 17.2 Å². The van der Waals surface area contributed by atoms with Crippen LogP contribution in [0.2, 0.25) is 5.02 Å². The van der Waals surface area contributed by atoms with Crippen LogP contribution >= 0.6 is 11.6 Å². The number of hydrogen-bond donors (Lipinski definition) is 1. The molecule has 0 atom stereocenters. The van der Waals surface area contributed by atoms with Gasteiger partial charge in [0.15, 0.2) is 11.5 Å². The van der Waals surface area contributed by atoms with E-state index in [0.717, 1.165) is 0 Å². The second kappa shape index (κ2) is 9.19. The number of amides is 1. The minimum atomic E-state index is -0.594. The Kier molecular flexibility index (Phi) is 6.43. The average molecular weight is 433 g/mol. The smallest absolute Gasteiger partial charge is 0.312 e. The fourth-order valence-electron chi connectivity index (χ4n) is 2.58. The highest BCUT2D eigenvalue weighted by Gasteiger charge is 2.18. The van der Waals surface area contributed by atoms with Crippen LogP contribution in [0.3, 0.4) is 0 Å². The van der Waals surface area contributed by atoms with Crippen molar-refractivity contribution in [1.29, 1.82) is 0 Å². The number of furan rings is 1. The number of hydrogen-bond acceptors (Lipinski definition) is 7. The predicted molar refractivity (Wildman–Crippen MR) is 109 cm³/mol. The first-order valence-corrected chi connectivity index (χ1v) is 8.98. The standard InChI is InChI=1S/C20H17ClN2O7/c1-27-13-4-7-17(28-2)15(10-13)22-20(24)19-8-5-14(30-19)11-29-18-6-3-12(21)9-16(18)23(25)26/h3-10H,11H2,1-2H3,(H,22,24). The van der Waals surface area contributed by atoms with Gasteiger partial charge in [-0.05, 0) is 36.4 Å². The molecular weight excluding hydrogens is 416 g/mol. The van der Waals surface area contributed by atoms with Gasteiger partial charge in [-0.1, -0.05) is 11.6 Å². The van der Waals surface area contributed by atoms with Gasteiger partial charge in [0.05, 0.1) is 24.8 Å². The molecule has 0 bridgehead atoms. The number of halogens is 1. The number of benzene rings is 2. The van der Waals surface area contributed by atoms with Gasteiger partial charge in [-0.2, -0.15) is 0 Å². The molecule has 0 saturated carbocycles. The van der Waals surface area contributed by atoms with Gasteiger partial charge in [-0.15, -0.1) is 0 Å². The van der Waals surface area contributed by atoms with E-state index < -0.39 is 10.8 Å². The van der Waals surface area contributed by atoms with Crippen molar-refractivity contribution in [3.8, 4) is 17.2 Å². The molecule has 156 valence electrons. The number of nitrogens with zero attached hydrogens (tertiary/aromatic N) is 1. The van der Waals surface area contributed by atoms with E-state index in [-0.39, 0.29) is 28.8 Å². The largest absolute Gasteiger partial charge is 0.497 e. The summed E-state index contributed by atoms with van der Waals surface area (Å²) in [5.41, 5.74) is 0.144. The molecule has 0 spiro atoms. The number of anilines is 1. The van der Waals surface area contributed by atoms with E-state index in [1.165, 1.54) is 38.5 Å². The Balaban J connectivity index is 1.70. The zero-order chi connectivity index (χ0) is 21.7. The second-order valence-electron chi connectivity index (χ2n) is 5.94. The van der Waals surface area contributed by atoms with Crippen molar-refractivity contribution < 1.29 is 28.3 Å². The van der Waals surface area contributed by atoms with Crippen molar-refractivity contribution in [3.63, 3.8) is 0 Å². The van der Waals surface area contributed by atoms with Crippen LogP contribution in [-0.2, 0) is 6.61 Å². The van der Waals surface area contributed by atoms with E-state index >= 15 is 0 Å². The number of ether oxygens (including phenoxy) is 3. The molecule has 1 N–H and O–H groups in total. The Morgan fingerprint density at radius 1 is 1.10 bits per heavy atom. The minimum absolute atomic E-state index is 0.0316. The molecule has 0 radical (unpaired) electrons. The summed E-state index contributed by atoms with van der Waals surface area (Å²) in [7, 11) is 2.99. The number of nitrogens with one attached hydrogen (secondary N) is 1. The van der Waals surface area contributed by atoms with E-state index in [1.807, 2.05) is 0 Å². The number of rotatable bonds is 8. The zero-order valence-electron chi connectivity index (χ0n) is 16.0. The third kappa shape index (κ3) is 4.81. The Labute approximate surface area is 176 Å². The summed E-state index contributed by atoms with van der Waals surface area (Å²) in [6.45, 7) is -0.113. The molecule has 0 saturated heterocycles. The summed E-state index contributed by atoms with van der Waals surface area (Å²) < 4.78 is 21.3. The summed E-state index contributed by atoms with van der Waals surface area (Å²) in [6.07, 6.45) is 0. The number of carbonyl (C=O) groups excluding carboxylic acids is 1. The highest BCUT2D eigenvalue weighted by atomic mass is 35.5. The van der Waals surface area contributed by atoms with Crippen LogP contribution in [0, 0.1) is 10.1 Å². The van der Waals surface area contributed by atoms with Crippen molar-refractivity contribution in [2.75, 3.05) is 19.5 Å². The fraction of sp³-hybridized carbons (Fsp3) is 0.150. The van der Waals surface area contributed by atoms with Gasteiger partial charge in [0.2, 0.25) is 0 Å². The number of methoxy groups -OCH3 is 2. The van der Waals surface area contributed by atoms with E-state index in [1.54, 1.807) is 24.3 Å². The van der Waals surface area contributed by atoms with Gasteiger partial charge >= 0.3 is 5.69 Å². The van der Waals surface area contributed by atoms with E-state index in [0.29, 0.717) is 22.9 Å². The maximum Gasteiger partial charge on any atom is 0.312 e. The first-order valence-electron chi connectivity index (χ1n) is 8.60. The van der Waals surface area contributed by atoms with Crippen molar-refractivity contribution in [2.45, 2.75) is 6.61 Å². The molecule has 3 rings (SSSR count). The maximum absolute atomic E-state index is 12.5. The summed E-state index contributed by atoms with van der Waals surface area (Å²) in [5.74, 6) is 0.864. The molecule has 30 heavy (non-hydrogen) atoms. The van der Waals surface area contributed by atoms with Gasteiger partial charge in [0, 0.05) is 17.2 Å². The highest BCUT2D eigenvalue weighted by Crippen LogP contribution is 2.31. The first kappa shape index (κ1) is 21.0. The van der Waals surface area contributed by atoms with Gasteiger partial charge in [-0.25, -0.2) is 0 Å². The Bertz CT molecular complexity index is 1080. The van der Waals surface area contributed by atoms with Crippen LogP contribution in [0.4, 0.5) is 11.4 Å². The maximum atomic E-state index is 12.5. The summed E-state index contributed by atoms with van der Waals surface area (Å²) >= 11 is 5.78. The molecule has 0 aliphatic heterocycles. The summed E-state index contributed by atoms with van der Waals surface area (Å²) in [4.78, 5) is 23.0. The van der Waals surface area contributed by atoms with Crippen LogP contribution in [0.25, 0.3) is 0 Å². The normalized spacial score (nSPS) is 10.4. The topological polar surface area (TPSA) is 113 Å². The van der Waals surface area contributed by atoms with E-state index in [2.05, 4.69) is 5.32 Å². The van der Waals surface area contributed by atoms with Gasteiger partial charge < -0.3 is 23.9 Å². The molecular formula is C20H17ClN2O7. The SMILES string of the molecule is COc1ccc(OC)c(NC(=O)c2ccc(COc3ccc(Cl)cc3[N+](=O)[O-])o2)c1. The molecule has 9 nitrogen and oxygen atoms in total. The predicted octanol–water partition coefficient (Wildman–Crippen LogP) is 4.69. The zero-order valence-corrected chi connectivity index (χ0v) is 16.8. The van der Waals surface area contributed by atoms with Crippen molar-refractivity contribution in [3.05, 3.63) is 75.2 Å². The van der Waals surface area contributed by atoms with Crippen molar-refractivity contribution >= 4 is 28.9 Å². The van der Waals surface area contributed by atoms with Crippen LogP contribution in [0.15, 0.2) is 52.9 Å². The lowest BCUT2D eigenvalue weighted by Gasteiger charge is -2.11. The molecule has 0 unspecified atom stereocenters. The summed E-state index contributed by atoms with van der Waals surface area (Å²) in [5, 5.41) is 14.0. The number of nitro benzene ring substituents is 1. The Morgan fingerprint density at radius 3 is 2.57 bits per heavy atom. The molecule has 2 aromatic carbocycles. The molecule has 0 fully saturated rings. The molecule has 1 heterocycles. The molecule has 0 aliphatic carbocycles. The number of nitro groups is 1. The van der Waals surface area contributed by atoms with Crippen LogP contribution < -0.4 is 19.5 Å². The lowest BCUT2D eigenvalue weighted by molar-refractivity contribution is -0.385. The third-order valence-electron chi connectivity index (χ3n) is 4.03. The van der Waals surface area contributed by atoms with E-state index in [9.17, 15) is 14.9 Å². The highest BCUT2D eigenvalue weighted by molar-refractivity contribution is 6.30. The third-order valence-corrected chi connectivity index (χ3v) is 4.26. The second-order valence-corrected chi connectivity index (χ2v) is 6.38. The quantitative estimate of drug-likeness (QED) is 0.405. The first-order chi connectivity index (χ1) is 14.4. The van der Waals surface area contributed by atoms with E-state index in [4.69, 9.17) is 30.2 Å². The van der Waals surface area contributed by atoms with Gasteiger partial charge in [0.25, 0.3) is 5.91 Å². The fourth-order valence-corrected chi connectivity index (χ4v) is 2.74. The molecule has 10 heteroatoms. The van der Waals surface area contributed by atoms with Crippen molar-refractivity contribution in [1.82, 2.24) is 0 Å². The lowest BCUT2D eigenvalue weighted by Crippen LogP contribution is -2.12. The van der Waals surface area contributed by atoms with Gasteiger partial charge in [-0.3, -0.25) is 14.9 Å².